The molecule has 0 saturated carbocycles. The van der Waals surface area contributed by atoms with E-state index in [1.54, 1.807) is 0 Å². The van der Waals surface area contributed by atoms with E-state index in [4.69, 9.17) is 19.3 Å². The fraction of sp³-hybridized carbons (Fsp3) is 1.00. The quantitative estimate of drug-likeness (QED) is 0.220. The lowest BCUT2D eigenvalue weighted by atomic mass is 9.97. The lowest BCUT2D eigenvalue weighted by Gasteiger charge is -2.46. The Morgan fingerprint density at radius 1 is 0.840 bits per heavy atom. The summed E-state index contributed by atoms with van der Waals surface area (Å²) >= 11 is -2.91. The molecule has 148 valence electrons. The second-order valence-electron chi connectivity index (χ2n) is 5.77. The van der Waals surface area contributed by atoms with Crippen LogP contribution in [-0.2, 0) is 25.3 Å². The van der Waals surface area contributed by atoms with Crippen molar-refractivity contribution in [3.05, 3.63) is 0 Å². The number of ether oxygens (including phenoxy) is 3. The van der Waals surface area contributed by atoms with Gasteiger partial charge in [0.1, 0.15) is 54.3 Å². The van der Waals surface area contributed by atoms with Gasteiger partial charge in [-0.15, -0.1) is 0 Å². The molecule has 0 amide bonds. The van der Waals surface area contributed by atoms with Gasteiger partial charge in [0.25, 0.3) is 0 Å². The third-order valence-electron chi connectivity index (χ3n) is 4.15. The summed E-state index contributed by atoms with van der Waals surface area (Å²) in [5, 5.41) is 67.7. The molecule has 0 aromatic carbocycles. The minimum absolute atomic E-state index is 0.710. The minimum Gasteiger partial charge on any atom is -0.770 e. The maximum absolute atomic E-state index is 11.0. The Kier molecular flexibility index (Phi) is 7.23. The van der Waals surface area contributed by atoms with Crippen molar-refractivity contribution in [2.24, 2.45) is 0 Å². The van der Waals surface area contributed by atoms with Crippen molar-refractivity contribution < 1.29 is 58.7 Å². The van der Waals surface area contributed by atoms with Gasteiger partial charge in [0, 0.05) is 0 Å². The van der Waals surface area contributed by atoms with Crippen LogP contribution in [0.15, 0.2) is 0 Å². The molecule has 2 aliphatic rings. The first kappa shape index (κ1) is 21.0. The van der Waals surface area contributed by atoms with Crippen LogP contribution in [0.5, 0.6) is 0 Å². The molecule has 2 saturated heterocycles. The Morgan fingerprint density at radius 3 is 1.96 bits per heavy atom. The van der Waals surface area contributed by atoms with Gasteiger partial charge >= 0.3 is 0 Å². The van der Waals surface area contributed by atoms with Crippen molar-refractivity contribution in [3.63, 3.8) is 0 Å². The van der Waals surface area contributed by atoms with Crippen LogP contribution in [-0.4, -0.2) is 118 Å². The van der Waals surface area contributed by atoms with E-state index in [1.807, 2.05) is 0 Å². The van der Waals surface area contributed by atoms with Gasteiger partial charge in [0.2, 0.25) is 0 Å². The van der Waals surface area contributed by atoms with Gasteiger partial charge in [-0.2, -0.15) is 0 Å². The van der Waals surface area contributed by atoms with Crippen molar-refractivity contribution in [2.75, 3.05) is 13.2 Å². The van der Waals surface area contributed by atoms with E-state index in [1.165, 1.54) is 0 Å². The summed E-state index contributed by atoms with van der Waals surface area (Å²) in [6.45, 7) is -1.50. The van der Waals surface area contributed by atoms with E-state index >= 15 is 0 Å². The van der Waals surface area contributed by atoms with E-state index in [2.05, 4.69) is 0 Å². The normalized spacial score (nSPS) is 49.8. The molecule has 0 aliphatic carbocycles. The van der Waals surface area contributed by atoms with Crippen molar-refractivity contribution in [1.82, 2.24) is 0 Å². The molecular formula is C12H21O12S-. The monoisotopic (exact) mass is 389 g/mol. The molecule has 25 heavy (non-hydrogen) atoms. The summed E-state index contributed by atoms with van der Waals surface area (Å²) < 4.78 is 37.4. The van der Waals surface area contributed by atoms with Crippen molar-refractivity contribution in [2.45, 2.75) is 60.6 Å². The molecule has 0 bridgehead atoms. The average molecular weight is 389 g/mol. The lowest BCUT2D eigenvalue weighted by Crippen LogP contribution is -2.64. The van der Waals surface area contributed by atoms with Crippen LogP contribution in [0.25, 0.3) is 0 Å². The van der Waals surface area contributed by atoms with Gasteiger partial charge in [-0.3, -0.25) is 4.21 Å². The van der Waals surface area contributed by atoms with Gasteiger partial charge in [0.15, 0.2) is 6.29 Å². The van der Waals surface area contributed by atoms with Crippen LogP contribution in [0, 0.1) is 0 Å². The SMILES string of the molecule is O=S([O-])[C@@H]1OC(CO)[C@@H](O[C@H]2OC(CO)[C@@H](O)[C@H](O)[C@H]2O)[C@H](O)[C@H]1O. The van der Waals surface area contributed by atoms with Gasteiger partial charge in [-0.25, -0.2) is 0 Å². The molecule has 11 atom stereocenters. The van der Waals surface area contributed by atoms with Gasteiger partial charge in [-0.05, 0) is 11.1 Å². The third kappa shape index (κ3) is 4.18. The Morgan fingerprint density at radius 2 is 1.44 bits per heavy atom. The van der Waals surface area contributed by atoms with Gasteiger partial charge in [-0.1, -0.05) is 0 Å². The second-order valence-corrected chi connectivity index (χ2v) is 6.75. The fourth-order valence-electron chi connectivity index (χ4n) is 2.71. The highest BCUT2D eigenvalue weighted by Gasteiger charge is 2.50. The molecule has 2 heterocycles. The van der Waals surface area contributed by atoms with Crippen LogP contribution >= 0.6 is 0 Å². The zero-order valence-corrected chi connectivity index (χ0v) is 13.6. The Balaban J connectivity index is 2.15. The minimum atomic E-state index is -2.91. The standard InChI is InChI=1S/C12H22O12S/c13-1-3-5(15)6(16)8(18)11(22-3)24-10-4(2-14)23-12(25(20)21)9(19)7(10)17/h3-19H,1-2H2,(H,20,21)/p-1/t3?,4?,5-,6+,7-,8-,9-,10-,11-,12+/m1/s1. The number of hydrogen-bond donors (Lipinski definition) is 7. The summed E-state index contributed by atoms with van der Waals surface area (Å²) in [6.07, 6.45) is -14.7. The molecule has 2 fully saturated rings. The number of hydrogen-bond acceptors (Lipinski definition) is 12. The highest BCUT2D eigenvalue weighted by molar-refractivity contribution is 7.79. The molecule has 7 N–H and O–H groups in total. The number of rotatable bonds is 5. The Bertz CT molecular complexity index is 461. The number of aliphatic hydroxyl groups excluding tert-OH is 7. The van der Waals surface area contributed by atoms with Crippen LogP contribution in [0.2, 0.25) is 0 Å². The molecule has 12 nitrogen and oxygen atoms in total. The summed E-state index contributed by atoms with van der Waals surface area (Å²) in [5.74, 6) is 0. The highest BCUT2D eigenvalue weighted by Crippen LogP contribution is 2.29. The predicted octanol–water partition coefficient (Wildman–Crippen LogP) is -5.51. The summed E-state index contributed by atoms with van der Waals surface area (Å²) in [6, 6.07) is 0. The first-order valence-electron chi connectivity index (χ1n) is 7.39. The smallest absolute Gasteiger partial charge is 0.187 e. The molecule has 3 unspecified atom stereocenters. The third-order valence-corrected chi connectivity index (χ3v) is 4.92. The molecule has 0 spiro atoms. The lowest BCUT2D eigenvalue weighted by molar-refractivity contribution is -0.338. The van der Waals surface area contributed by atoms with Crippen LogP contribution < -0.4 is 0 Å². The van der Waals surface area contributed by atoms with E-state index in [9.17, 15) is 39.4 Å². The van der Waals surface area contributed by atoms with E-state index in [-0.39, 0.29) is 0 Å². The average Bonchev–Trinajstić information content (AvgIpc) is 2.58. The molecule has 2 aliphatic heterocycles. The van der Waals surface area contributed by atoms with E-state index in [0.29, 0.717) is 0 Å². The van der Waals surface area contributed by atoms with Crippen LogP contribution in [0.1, 0.15) is 0 Å². The highest BCUT2D eigenvalue weighted by atomic mass is 32.2. The van der Waals surface area contributed by atoms with Gasteiger partial charge in [0.05, 0.1) is 13.2 Å². The molecule has 0 radical (unpaired) electrons. The Labute approximate surface area is 144 Å². The van der Waals surface area contributed by atoms with Crippen LogP contribution in [0.4, 0.5) is 0 Å². The molecule has 13 heteroatoms. The zero-order chi connectivity index (χ0) is 18.9. The first-order valence-corrected chi connectivity index (χ1v) is 8.53. The summed E-state index contributed by atoms with van der Waals surface area (Å²) in [5.41, 5.74) is -1.80. The fourth-order valence-corrected chi connectivity index (χ4v) is 3.34. The molecule has 0 aromatic rings. The van der Waals surface area contributed by atoms with Crippen molar-refractivity contribution in [1.29, 1.82) is 0 Å². The molecular weight excluding hydrogens is 368 g/mol. The molecule has 2 rings (SSSR count). The second kappa shape index (κ2) is 8.60. The first-order chi connectivity index (χ1) is 11.7. The largest absolute Gasteiger partial charge is 0.770 e. The summed E-state index contributed by atoms with van der Waals surface area (Å²) in [4.78, 5) is 0. The van der Waals surface area contributed by atoms with Crippen LogP contribution in [0.3, 0.4) is 0 Å². The van der Waals surface area contributed by atoms with Gasteiger partial charge < -0.3 is 54.5 Å². The zero-order valence-electron chi connectivity index (χ0n) is 12.8. The van der Waals surface area contributed by atoms with Crippen molar-refractivity contribution >= 4 is 11.1 Å². The van der Waals surface area contributed by atoms with E-state index < -0.39 is 84.9 Å². The Hall–Kier alpha value is -0.290. The topological polar surface area (TPSA) is 209 Å². The van der Waals surface area contributed by atoms with Crippen molar-refractivity contribution in [3.8, 4) is 0 Å². The number of aliphatic hydroxyl groups is 7. The molecule has 0 aromatic heterocycles. The summed E-state index contributed by atoms with van der Waals surface area (Å²) in [7, 11) is 0. The van der Waals surface area contributed by atoms with E-state index in [0.717, 1.165) is 0 Å². The predicted molar refractivity (Wildman–Crippen MR) is 75.3 cm³/mol. The maximum atomic E-state index is 11.0. The maximum Gasteiger partial charge on any atom is 0.187 e.